The van der Waals surface area contributed by atoms with Crippen LogP contribution in [0.1, 0.15) is 12.5 Å². The second-order valence-corrected chi connectivity index (χ2v) is 7.54. The number of nitrogens with one attached hydrogen (secondary N) is 2. The predicted molar refractivity (Wildman–Crippen MR) is 134 cm³/mol. The average Bonchev–Trinajstić information content (AvgIpc) is 3.29. The number of amides is 1. The second-order valence-electron chi connectivity index (χ2n) is 7.54. The molecule has 0 radical (unpaired) electrons. The predicted octanol–water partition coefficient (Wildman–Crippen LogP) is 3.88. The van der Waals surface area contributed by atoms with Crippen LogP contribution >= 0.6 is 12.4 Å². The minimum absolute atomic E-state index is 0. The van der Waals surface area contributed by atoms with Gasteiger partial charge in [-0.25, -0.2) is 15.1 Å². The maximum Gasteiger partial charge on any atom is 0.267 e. The number of benzene rings is 2. The number of likely N-dealkylation sites (N-methyl/N-ethyl adjacent to an activating group) is 1. The summed E-state index contributed by atoms with van der Waals surface area (Å²) in [7, 11) is 2.08. The van der Waals surface area contributed by atoms with E-state index in [9.17, 15) is 4.79 Å². The van der Waals surface area contributed by atoms with E-state index in [4.69, 9.17) is 15.3 Å². The summed E-state index contributed by atoms with van der Waals surface area (Å²) in [5.41, 5.74) is 5.00. The summed E-state index contributed by atoms with van der Waals surface area (Å²) < 4.78 is 1.86. The number of rotatable bonds is 8. The number of hydroxylamine groups is 1. The Balaban J connectivity index is 0.00000306. The fraction of sp³-hybridized carbons (Fsp3) is 0.208. The van der Waals surface area contributed by atoms with Crippen LogP contribution < -0.4 is 10.8 Å². The number of carbonyl (C=O) groups excluding carboxylic acids is 1. The molecule has 3 N–H and O–H groups in total. The van der Waals surface area contributed by atoms with Crippen LogP contribution in [0.4, 0.5) is 5.82 Å². The van der Waals surface area contributed by atoms with Crippen molar-refractivity contribution >= 4 is 52.0 Å². The lowest BCUT2D eigenvalue weighted by Crippen LogP contribution is -2.25. The summed E-state index contributed by atoms with van der Waals surface area (Å²) in [5, 5.41) is 18.9. The summed E-state index contributed by atoms with van der Waals surface area (Å²) in [6.45, 7) is 4.76. The van der Waals surface area contributed by atoms with Gasteiger partial charge in [-0.1, -0.05) is 31.2 Å². The summed E-state index contributed by atoms with van der Waals surface area (Å²) >= 11 is 0. The lowest BCUT2D eigenvalue weighted by Gasteiger charge is -2.15. The molecular weight excluding hydrogens is 440 g/mol. The van der Waals surface area contributed by atoms with Crippen molar-refractivity contribution in [2.45, 2.75) is 6.92 Å². The molecule has 4 aromatic rings. The van der Waals surface area contributed by atoms with Crippen LogP contribution in [0.5, 0.6) is 0 Å². The van der Waals surface area contributed by atoms with Gasteiger partial charge >= 0.3 is 0 Å². The standard InChI is InChI=1S/C24H26N6O2.ClH/c1-3-29(2)14-13-25-24-23-20(16-30(27-23)18-7-5-4-6-8-18)19-15-17(9-11-21(19)26-24)10-12-22(31)28-32;/h4-12,15-16,32H,3,13-14H2,1-2H3,(H,25,26)(H,28,31);1H/b12-10+;. The molecule has 0 saturated carbocycles. The molecule has 33 heavy (non-hydrogen) atoms. The van der Waals surface area contributed by atoms with Crippen LogP contribution in [-0.4, -0.2) is 57.5 Å². The molecule has 2 heterocycles. The van der Waals surface area contributed by atoms with Crippen LogP contribution in [0.25, 0.3) is 33.6 Å². The first-order valence-corrected chi connectivity index (χ1v) is 10.5. The van der Waals surface area contributed by atoms with Gasteiger partial charge in [0.25, 0.3) is 5.91 Å². The Morgan fingerprint density at radius 1 is 1.18 bits per heavy atom. The zero-order chi connectivity index (χ0) is 22.5. The normalized spacial score (nSPS) is 11.3. The van der Waals surface area contributed by atoms with E-state index in [0.717, 1.165) is 58.5 Å². The number of anilines is 1. The van der Waals surface area contributed by atoms with Gasteiger partial charge in [-0.05, 0) is 49.5 Å². The van der Waals surface area contributed by atoms with Gasteiger partial charge in [0.1, 0.15) is 5.52 Å². The molecule has 0 saturated heterocycles. The number of carbonyl (C=O) groups is 1. The lowest BCUT2D eigenvalue weighted by molar-refractivity contribution is -0.124. The van der Waals surface area contributed by atoms with Crippen molar-refractivity contribution < 1.29 is 10.0 Å². The lowest BCUT2D eigenvalue weighted by atomic mass is 10.1. The molecule has 0 unspecified atom stereocenters. The number of nitrogens with zero attached hydrogens (tertiary/aromatic N) is 4. The molecule has 8 nitrogen and oxygen atoms in total. The topological polar surface area (TPSA) is 95.3 Å². The van der Waals surface area contributed by atoms with E-state index >= 15 is 0 Å². The van der Waals surface area contributed by atoms with Gasteiger partial charge in [-0.3, -0.25) is 10.0 Å². The summed E-state index contributed by atoms with van der Waals surface area (Å²) in [6, 6.07) is 15.7. The quantitative estimate of drug-likeness (QED) is 0.207. The maximum atomic E-state index is 11.4. The third-order valence-corrected chi connectivity index (χ3v) is 5.37. The highest BCUT2D eigenvalue weighted by molar-refractivity contribution is 6.09. The first-order chi connectivity index (χ1) is 15.6. The Bertz CT molecular complexity index is 1270. The zero-order valence-corrected chi connectivity index (χ0v) is 19.3. The van der Waals surface area contributed by atoms with Gasteiger partial charge in [0.2, 0.25) is 0 Å². The molecule has 4 rings (SSSR count). The van der Waals surface area contributed by atoms with E-state index in [1.165, 1.54) is 6.08 Å². The van der Waals surface area contributed by atoms with Crippen LogP contribution in [0.15, 0.2) is 60.8 Å². The van der Waals surface area contributed by atoms with E-state index in [0.29, 0.717) is 0 Å². The van der Waals surface area contributed by atoms with Gasteiger partial charge in [0.15, 0.2) is 5.82 Å². The number of hydrogen-bond acceptors (Lipinski definition) is 6. The average molecular weight is 467 g/mol. The molecule has 2 aromatic carbocycles. The van der Waals surface area contributed by atoms with Crippen molar-refractivity contribution in [2.75, 3.05) is 32.0 Å². The number of aromatic nitrogens is 3. The fourth-order valence-electron chi connectivity index (χ4n) is 3.46. The molecule has 0 aliphatic rings. The van der Waals surface area contributed by atoms with E-state index < -0.39 is 5.91 Å². The van der Waals surface area contributed by atoms with E-state index in [2.05, 4.69) is 24.2 Å². The van der Waals surface area contributed by atoms with E-state index in [1.807, 2.05) is 59.4 Å². The Kier molecular flexibility index (Phi) is 8.00. The van der Waals surface area contributed by atoms with Crippen molar-refractivity contribution in [1.29, 1.82) is 0 Å². The minimum Gasteiger partial charge on any atom is -0.367 e. The highest BCUT2D eigenvalue weighted by Gasteiger charge is 2.14. The molecule has 0 fully saturated rings. The van der Waals surface area contributed by atoms with Gasteiger partial charge in [0.05, 0.1) is 11.2 Å². The Labute approximate surface area is 198 Å². The van der Waals surface area contributed by atoms with Crippen molar-refractivity contribution in [3.63, 3.8) is 0 Å². The molecule has 0 bridgehead atoms. The summed E-state index contributed by atoms with van der Waals surface area (Å²) in [6.07, 6.45) is 4.93. The van der Waals surface area contributed by atoms with Crippen molar-refractivity contribution in [2.24, 2.45) is 0 Å². The van der Waals surface area contributed by atoms with Crippen LogP contribution in [0.2, 0.25) is 0 Å². The Hall–Kier alpha value is -3.46. The number of para-hydroxylation sites is 1. The number of fused-ring (bicyclic) bond motifs is 3. The van der Waals surface area contributed by atoms with Crippen molar-refractivity contribution in [1.82, 2.24) is 25.1 Å². The van der Waals surface area contributed by atoms with Crippen LogP contribution in [-0.2, 0) is 4.79 Å². The Morgan fingerprint density at radius 2 is 1.97 bits per heavy atom. The monoisotopic (exact) mass is 466 g/mol. The van der Waals surface area contributed by atoms with E-state index in [-0.39, 0.29) is 12.4 Å². The molecule has 0 aliphatic heterocycles. The molecule has 172 valence electrons. The van der Waals surface area contributed by atoms with Crippen molar-refractivity contribution in [3.05, 3.63) is 66.4 Å². The molecule has 2 aromatic heterocycles. The maximum absolute atomic E-state index is 11.4. The summed E-state index contributed by atoms with van der Waals surface area (Å²) in [4.78, 5) is 18.4. The van der Waals surface area contributed by atoms with Gasteiger partial charge in [-0.2, -0.15) is 5.10 Å². The van der Waals surface area contributed by atoms with Gasteiger partial charge in [0, 0.05) is 36.1 Å². The number of hydrogen-bond donors (Lipinski definition) is 3. The van der Waals surface area contributed by atoms with Gasteiger partial charge in [-0.15, -0.1) is 12.4 Å². The first kappa shape index (κ1) is 24.2. The molecule has 0 spiro atoms. The second kappa shape index (κ2) is 10.9. The zero-order valence-electron chi connectivity index (χ0n) is 18.5. The molecular formula is C24H27ClN6O2. The van der Waals surface area contributed by atoms with Crippen molar-refractivity contribution in [3.8, 4) is 5.69 Å². The highest BCUT2D eigenvalue weighted by Crippen LogP contribution is 2.30. The van der Waals surface area contributed by atoms with E-state index in [1.54, 1.807) is 11.6 Å². The fourth-order valence-corrected chi connectivity index (χ4v) is 3.46. The van der Waals surface area contributed by atoms with Crippen LogP contribution in [0.3, 0.4) is 0 Å². The highest BCUT2D eigenvalue weighted by atomic mass is 35.5. The third kappa shape index (κ3) is 5.48. The Morgan fingerprint density at radius 3 is 2.70 bits per heavy atom. The molecule has 0 aliphatic carbocycles. The third-order valence-electron chi connectivity index (χ3n) is 5.37. The van der Waals surface area contributed by atoms with Crippen LogP contribution in [0, 0.1) is 0 Å². The first-order valence-electron chi connectivity index (χ1n) is 10.5. The smallest absolute Gasteiger partial charge is 0.267 e. The molecule has 0 atom stereocenters. The van der Waals surface area contributed by atoms with Gasteiger partial charge < -0.3 is 10.2 Å². The largest absolute Gasteiger partial charge is 0.367 e. The summed E-state index contributed by atoms with van der Waals surface area (Å²) in [5.74, 6) is 0.163. The SMILES string of the molecule is CCN(C)CCNc1nc2ccc(/C=C/C(=O)NO)cc2c2cn(-c3ccccc3)nc12.Cl. The number of pyridine rings is 1. The number of halogens is 1. The molecule has 1 amide bonds. The minimum atomic E-state index is -0.582. The molecule has 9 heteroatoms.